The third-order valence-electron chi connectivity index (χ3n) is 6.98. The number of aromatic nitrogens is 2. The van der Waals surface area contributed by atoms with E-state index in [-0.39, 0.29) is 30.0 Å². The van der Waals surface area contributed by atoms with Crippen LogP contribution in [-0.4, -0.2) is 46.0 Å². The molecular weight excluding hydrogens is 394 g/mol. The summed E-state index contributed by atoms with van der Waals surface area (Å²) in [5.41, 5.74) is 5.45. The molecule has 1 amide bonds. The molecule has 3 N–H and O–H groups in total. The van der Waals surface area contributed by atoms with Gasteiger partial charge in [0.2, 0.25) is 5.91 Å². The van der Waals surface area contributed by atoms with Crippen molar-refractivity contribution < 1.29 is 4.79 Å². The van der Waals surface area contributed by atoms with Crippen LogP contribution in [0.5, 0.6) is 0 Å². The summed E-state index contributed by atoms with van der Waals surface area (Å²) < 4.78 is 1.41. The summed E-state index contributed by atoms with van der Waals surface area (Å²) in [7, 11) is 2.01. The SMILES string of the molecule is CCCCn1c(N)c(N(C(=O)CN(C)C2CCCCCC2)C2CCCC2)c(=O)[nH]c1=O. The molecule has 0 spiro atoms. The minimum absolute atomic E-state index is 0.0458. The zero-order valence-corrected chi connectivity index (χ0v) is 19.2. The molecule has 2 saturated carbocycles. The number of nitrogens with two attached hydrogens (primary N) is 1. The molecule has 0 bridgehead atoms. The number of rotatable bonds is 8. The molecule has 0 aliphatic heterocycles. The van der Waals surface area contributed by atoms with Crippen molar-refractivity contribution in [3.8, 4) is 0 Å². The van der Waals surface area contributed by atoms with Crippen LogP contribution in [0.25, 0.3) is 0 Å². The first-order chi connectivity index (χ1) is 14.9. The van der Waals surface area contributed by atoms with E-state index in [1.807, 2.05) is 14.0 Å². The molecule has 31 heavy (non-hydrogen) atoms. The predicted octanol–water partition coefficient (Wildman–Crippen LogP) is 2.85. The molecule has 0 unspecified atom stereocenters. The fraction of sp³-hybridized carbons (Fsp3) is 0.783. The van der Waals surface area contributed by atoms with Crippen LogP contribution in [-0.2, 0) is 11.3 Å². The molecule has 0 aromatic carbocycles. The van der Waals surface area contributed by atoms with Gasteiger partial charge in [-0.3, -0.25) is 24.0 Å². The Kier molecular flexibility index (Phi) is 8.35. The first kappa shape index (κ1) is 23.6. The topological polar surface area (TPSA) is 104 Å². The minimum atomic E-state index is -0.562. The molecule has 8 heteroatoms. The number of anilines is 2. The van der Waals surface area contributed by atoms with E-state index in [2.05, 4.69) is 9.88 Å². The van der Waals surface area contributed by atoms with E-state index in [1.54, 1.807) is 4.90 Å². The maximum absolute atomic E-state index is 13.6. The molecule has 1 aromatic heterocycles. The molecule has 1 aromatic rings. The van der Waals surface area contributed by atoms with Crippen LogP contribution in [0.15, 0.2) is 9.59 Å². The highest BCUT2D eigenvalue weighted by molar-refractivity contribution is 5.97. The van der Waals surface area contributed by atoms with Crippen molar-refractivity contribution >= 4 is 17.4 Å². The van der Waals surface area contributed by atoms with Gasteiger partial charge in [-0.2, -0.15) is 0 Å². The second-order valence-corrected chi connectivity index (χ2v) is 9.26. The Morgan fingerprint density at radius 1 is 1.03 bits per heavy atom. The van der Waals surface area contributed by atoms with Crippen LogP contribution in [0.3, 0.4) is 0 Å². The fourth-order valence-electron chi connectivity index (χ4n) is 5.14. The summed E-state index contributed by atoms with van der Waals surface area (Å²) in [5.74, 6) is 0.0103. The number of hydrogen-bond donors (Lipinski definition) is 2. The molecule has 0 radical (unpaired) electrons. The van der Waals surface area contributed by atoms with Gasteiger partial charge in [0.05, 0.1) is 6.54 Å². The van der Waals surface area contributed by atoms with Crippen molar-refractivity contribution in [1.29, 1.82) is 0 Å². The molecule has 174 valence electrons. The summed E-state index contributed by atoms with van der Waals surface area (Å²) in [6.45, 7) is 2.72. The van der Waals surface area contributed by atoms with E-state index in [1.165, 1.54) is 30.3 Å². The van der Waals surface area contributed by atoms with Crippen LogP contribution < -0.4 is 21.9 Å². The lowest BCUT2D eigenvalue weighted by atomic mass is 10.1. The Morgan fingerprint density at radius 3 is 2.23 bits per heavy atom. The van der Waals surface area contributed by atoms with Gasteiger partial charge in [0.1, 0.15) is 5.82 Å². The summed E-state index contributed by atoms with van der Waals surface area (Å²) in [4.78, 5) is 45.0. The van der Waals surface area contributed by atoms with Crippen LogP contribution in [0.2, 0.25) is 0 Å². The maximum atomic E-state index is 13.6. The maximum Gasteiger partial charge on any atom is 0.330 e. The quantitative estimate of drug-likeness (QED) is 0.614. The first-order valence-corrected chi connectivity index (χ1v) is 12.1. The van der Waals surface area contributed by atoms with Gasteiger partial charge in [-0.05, 0) is 39.2 Å². The van der Waals surface area contributed by atoms with E-state index in [4.69, 9.17) is 5.73 Å². The van der Waals surface area contributed by atoms with Gasteiger partial charge in [-0.1, -0.05) is 51.9 Å². The lowest BCUT2D eigenvalue weighted by Gasteiger charge is -2.33. The number of unbranched alkanes of at least 4 members (excludes halogenated alkanes) is 1. The Hall–Kier alpha value is -2.09. The molecule has 2 aliphatic carbocycles. The average Bonchev–Trinajstić information content (AvgIpc) is 3.11. The zero-order valence-electron chi connectivity index (χ0n) is 19.2. The molecule has 0 saturated heterocycles. The van der Waals surface area contributed by atoms with Crippen LogP contribution in [0, 0.1) is 0 Å². The van der Waals surface area contributed by atoms with Gasteiger partial charge in [-0.15, -0.1) is 0 Å². The highest BCUT2D eigenvalue weighted by atomic mass is 16.2. The molecular formula is C23H39N5O3. The standard InChI is InChI=1S/C23H39N5O3/c1-3-4-15-27-21(24)20(22(30)25-23(27)31)28(18-13-9-10-14-18)19(29)16-26(2)17-11-7-5-6-8-12-17/h17-18H,3-16,24H2,1-2H3,(H,25,30,31). The molecule has 0 atom stereocenters. The first-order valence-electron chi connectivity index (χ1n) is 12.1. The number of hydrogen-bond acceptors (Lipinski definition) is 5. The number of nitrogens with one attached hydrogen (secondary N) is 1. The number of aromatic amines is 1. The number of carbonyl (C=O) groups excluding carboxylic acids is 1. The van der Waals surface area contributed by atoms with Crippen molar-refractivity contribution in [2.24, 2.45) is 0 Å². The highest BCUT2D eigenvalue weighted by Gasteiger charge is 2.33. The smallest absolute Gasteiger partial charge is 0.330 e. The minimum Gasteiger partial charge on any atom is -0.383 e. The summed E-state index contributed by atoms with van der Waals surface area (Å²) >= 11 is 0. The summed E-state index contributed by atoms with van der Waals surface area (Å²) in [6.07, 6.45) is 12.6. The number of nitrogens with zero attached hydrogens (tertiary/aromatic N) is 3. The van der Waals surface area contributed by atoms with Crippen molar-refractivity contribution in [3.05, 3.63) is 20.8 Å². The summed E-state index contributed by atoms with van der Waals surface area (Å²) in [6, 6.07) is 0.349. The Labute approximate surface area is 184 Å². The van der Waals surface area contributed by atoms with E-state index < -0.39 is 11.2 Å². The zero-order chi connectivity index (χ0) is 22.4. The number of H-pyrrole nitrogens is 1. The monoisotopic (exact) mass is 433 g/mol. The van der Waals surface area contributed by atoms with Crippen LogP contribution in [0.1, 0.15) is 84.0 Å². The Morgan fingerprint density at radius 2 is 1.61 bits per heavy atom. The van der Waals surface area contributed by atoms with Crippen LogP contribution in [0.4, 0.5) is 11.5 Å². The largest absolute Gasteiger partial charge is 0.383 e. The van der Waals surface area contributed by atoms with Gasteiger partial charge < -0.3 is 10.6 Å². The normalized spacial score (nSPS) is 18.4. The molecule has 1 heterocycles. The molecule has 8 nitrogen and oxygen atoms in total. The molecule has 3 rings (SSSR count). The van der Waals surface area contributed by atoms with Crippen molar-refractivity contribution in [3.63, 3.8) is 0 Å². The second-order valence-electron chi connectivity index (χ2n) is 9.26. The molecule has 2 aliphatic rings. The Balaban J connectivity index is 1.91. The van der Waals surface area contributed by atoms with E-state index in [0.717, 1.165) is 51.4 Å². The van der Waals surface area contributed by atoms with Gasteiger partial charge in [0.15, 0.2) is 5.69 Å². The van der Waals surface area contributed by atoms with Crippen LogP contribution >= 0.6 is 0 Å². The number of carbonyl (C=O) groups is 1. The lowest BCUT2D eigenvalue weighted by molar-refractivity contribution is -0.120. The van der Waals surface area contributed by atoms with Gasteiger partial charge in [0.25, 0.3) is 5.56 Å². The number of likely N-dealkylation sites (N-methyl/N-ethyl adjacent to an activating group) is 1. The van der Waals surface area contributed by atoms with Gasteiger partial charge in [0, 0.05) is 18.6 Å². The number of amides is 1. The van der Waals surface area contributed by atoms with Crippen molar-refractivity contribution in [2.45, 2.75) is 103 Å². The van der Waals surface area contributed by atoms with E-state index in [9.17, 15) is 14.4 Å². The predicted molar refractivity (Wildman–Crippen MR) is 125 cm³/mol. The Bertz CT molecular complexity index is 848. The van der Waals surface area contributed by atoms with Gasteiger partial charge in [-0.25, -0.2) is 4.79 Å². The molecule has 2 fully saturated rings. The van der Waals surface area contributed by atoms with E-state index >= 15 is 0 Å². The van der Waals surface area contributed by atoms with E-state index in [0.29, 0.717) is 12.6 Å². The lowest BCUT2D eigenvalue weighted by Crippen LogP contribution is -2.50. The van der Waals surface area contributed by atoms with Crippen molar-refractivity contribution in [2.75, 3.05) is 24.2 Å². The third-order valence-corrected chi connectivity index (χ3v) is 6.98. The average molecular weight is 434 g/mol. The highest BCUT2D eigenvalue weighted by Crippen LogP contribution is 2.30. The number of nitrogen functional groups attached to an aromatic ring is 1. The summed E-state index contributed by atoms with van der Waals surface area (Å²) in [5, 5.41) is 0. The van der Waals surface area contributed by atoms with Gasteiger partial charge >= 0.3 is 5.69 Å². The second kappa shape index (κ2) is 11.0. The fourth-order valence-corrected chi connectivity index (χ4v) is 5.14. The third kappa shape index (κ3) is 5.59. The van der Waals surface area contributed by atoms with Crippen molar-refractivity contribution in [1.82, 2.24) is 14.5 Å².